The minimum Gasteiger partial charge on any atom is -0.352 e. The van der Waals surface area contributed by atoms with Crippen molar-refractivity contribution in [3.05, 3.63) is 51.5 Å². The molecule has 1 heterocycles. The van der Waals surface area contributed by atoms with Crippen LogP contribution in [-0.4, -0.2) is 29.4 Å². The minimum absolute atomic E-state index is 0.0223. The highest BCUT2D eigenvalue weighted by Crippen LogP contribution is 2.11. The fourth-order valence-corrected chi connectivity index (χ4v) is 3.03. The molecule has 0 spiro atoms. The van der Waals surface area contributed by atoms with Crippen LogP contribution in [0.1, 0.15) is 35.7 Å². The van der Waals surface area contributed by atoms with Crippen molar-refractivity contribution in [1.29, 1.82) is 0 Å². The maximum atomic E-state index is 12.0. The molecule has 0 bridgehead atoms. The van der Waals surface area contributed by atoms with E-state index in [1.165, 1.54) is 5.56 Å². The first-order valence-corrected chi connectivity index (χ1v) is 8.95. The van der Waals surface area contributed by atoms with Gasteiger partial charge in [0, 0.05) is 18.5 Å². The van der Waals surface area contributed by atoms with Gasteiger partial charge in [-0.3, -0.25) is 4.79 Å². The predicted molar refractivity (Wildman–Crippen MR) is 95.5 cm³/mol. The van der Waals surface area contributed by atoms with Crippen molar-refractivity contribution in [2.24, 2.45) is 0 Å². The standard InChI is InChI=1S/C18H25N3OS/c1-4-18-20-16(13-23-18)10-17(22)19-11-14-7-6-8-15(9-14)12-21(3)5-2/h6-9,13H,4-5,10-12H2,1-3H3,(H,19,22). The van der Waals surface area contributed by atoms with Gasteiger partial charge in [-0.25, -0.2) is 4.98 Å². The quantitative estimate of drug-likeness (QED) is 0.809. The zero-order valence-electron chi connectivity index (χ0n) is 14.1. The molecule has 0 aliphatic heterocycles. The summed E-state index contributed by atoms with van der Waals surface area (Å²) in [5.41, 5.74) is 3.27. The topological polar surface area (TPSA) is 45.2 Å². The summed E-state index contributed by atoms with van der Waals surface area (Å²) in [4.78, 5) is 18.7. The molecule has 0 fully saturated rings. The summed E-state index contributed by atoms with van der Waals surface area (Å²) in [6.45, 7) is 6.73. The molecular weight excluding hydrogens is 306 g/mol. The number of nitrogens with one attached hydrogen (secondary N) is 1. The van der Waals surface area contributed by atoms with Crippen LogP contribution in [0.4, 0.5) is 0 Å². The Kier molecular flexibility index (Phi) is 6.74. The first kappa shape index (κ1) is 17.6. The van der Waals surface area contributed by atoms with Crippen LogP contribution >= 0.6 is 11.3 Å². The van der Waals surface area contributed by atoms with Crippen LogP contribution in [0.2, 0.25) is 0 Å². The molecule has 1 aromatic heterocycles. The van der Waals surface area contributed by atoms with Crippen molar-refractivity contribution in [2.75, 3.05) is 13.6 Å². The van der Waals surface area contributed by atoms with E-state index in [0.717, 1.165) is 35.8 Å². The molecule has 23 heavy (non-hydrogen) atoms. The number of amides is 1. The molecule has 0 atom stereocenters. The number of carbonyl (C=O) groups is 1. The van der Waals surface area contributed by atoms with Crippen molar-refractivity contribution in [3.63, 3.8) is 0 Å². The number of carbonyl (C=O) groups excluding carboxylic acids is 1. The number of aryl methyl sites for hydroxylation is 1. The van der Waals surface area contributed by atoms with Gasteiger partial charge in [-0.05, 0) is 31.1 Å². The zero-order valence-corrected chi connectivity index (χ0v) is 14.9. The van der Waals surface area contributed by atoms with E-state index < -0.39 is 0 Å². The van der Waals surface area contributed by atoms with Crippen LogP contribution in [-0.2, 0) is 30.7 Å². The molecule has 0 saturated carbocycles. The molecule has 0 saturated heterocycles. The first-order chi connectivity index (χ1) is 11.1. The van der Waals surface area contributed by atoms with E-state index in [1.54, 1.807) is 11.3 Å². The Morgan fingerprint density at radius 2 is 2.09 bits per heavy atom. The molecular formula is C18H25N3OS. The normalized spacial score (nSPS) is 11.0. The van der Waals surface area contributed by atoms with E-state index in [2.05, 4.69) is 48.2 Å². The molecule has 1 N–H and O–H groups in total. The Bertz CT molecular complexity index is 639. The largest absolute Gasteiger partial charge is 0.352 e. The average Bonchev–Trinajstić information content (AvgIpc) is 3.00. The van der Waals surface area contributed by atoms with Gasteiger partial charge in [-0.15, -0.1) is 11.3 Å². The summed E-state index contributed by atoms with van der Waals surface area (Å²) in [6, 6.07) is 8.38. The summed E-state index contributed by atoms with van der Waals surface area (Å²) in [7, 11) is 2.10. The van der Waals surface area contributed by atoms with Crippen molar-refractivity contribution in [1.82, 2.24) is 15.2 Å². The van der Waals surface area contributed by atoms with Gasteiger partial charge in [0.1, 0.15) is 0 Å². The van der Waals surface area contributed by atoms with Gasteiger partial charge in [-0.2, -0.15) is 0 Å². The highest BCUT2D eigenvalue weighted by atomic mass is 32.1. The van der Waals surface area contributed by atoms with Crippen LogP contribution in [0.5, 0.6) is 0 Å². The molecule has 1 aromatic carbocycles. The number of nitrogens with zero attached hydrogens (tertiary/aromatic N) is 2. The van der Waals surface area contributed by atoms with E-state index in [-0.39, 0.29) is 5.91 Å². The highest BCUT2D eigenvalue weighted by Gasteiger charge is 2.07. The molecule has 124 valence electrons. The van der Waals surface area contributed by atoms with Gasteiger partial charge in [0.2, 0.25) is 5.91 Å². The number of hydrogen-bond donors (Lipinski definition) is 1. The highest BCUT2D eigenvalue weighted by molar-refractivity contribution is 7.09. The van der Waals surface area contributed by atoms with Crippen LogP contribution in [0.15, 0.2) is 29.6 Å². The van der Waals surface area contributed by atoms with Crippen LogP contribution < -0.4 is 5.32 Å². The summed E-state index contributed by atoms with van der Waals surface area (Å²) in [6.07, 6.45) is 1.28. The zero-order chi connectivity index (χ0) is 16.7. The molecule has 2 rings (SSSR count). The maximum absolute atomic E-state index is 12.0. The summed E-state index contributed by atoms with van der Waals surface area (Å²) in [5.74, 6) is 0.0223. The second-order valence-electron chi connectivity index (χ2n) is 5.69. The number of aromatic nitrogens is 1. The Labute approximate surface area is 142 Å². The van der Waals surface area contributed by atoms with Gasteiger partial charge in [0.15, 0.2) is 0 Å². The van der Waals surface area contributed by atoms with Gasteiger partial charge >= 0.3 is 0 Å². The lowest BCUT2D eigenvalue weighted by atomic mass is 10.1. The number of benzene rings is 1. The Morgan fingerprint density at radius 1 is 1.30 bits per heavy atom. The minimum atomic E-state index is 0.0223. The fourth-order valence-electron chi connectivity index (χ4n) is 2.28. The van der Waals surface area contributed by atoms with Gasteiger partial charge in [0.05, 0.1) is 17.1 Å². The first-order valence-electron chi connectivity index (χ1n) is 8.07. The Hall–Kier alpha value is -1.72. The summed E-state index contributed by atoms with van der Waals surface area (Å²) >= 11 is 1.62. The Balaban J connectivity index is 1.85. The molecule has 5 heteroatoms. The summed E-state index contributed by atoms with van der Waals surface area (Å²) < 4.78 is 0. The third-order valence-corrected chi connectivity index (χ3v) is 4.76. The van der Waals surface area contributed by atoms with E-state index in [4.69, 9.17) is 0 Å². The molecule has 1 amide bonds. The number of rotatable bonds is 8. The van der Waals surface area contributed by atoms with Crippen LogP contribution in [0.3, 0.4) is 0 Å². The van der Waals surface area contributed by atoms with Gasteiger partial charge in [0.25, 0.3) is 0 Å². The van der Waals surface area contributed by atoms with Gasteiger partial charge < -0.3 is 10.2 Å². The molecule has 4 nitrogen and oxygen atoms in total. The molecule has 0 aliphatic rings. The van der Waals surface area contributed by atoms with E-state index in [0.29, 0.717) is 13.0 Å². The lowest BCUT2D eigenvalue weighted by Gasteiger charge is -2.14. The molecule has 2 aromatic rings. The number of thiazole rings is 1. The predicted octanol–water partition coefficient (Wildman–Crippen LogP) is 3.02. The lowest BCUT2D eigenvalue weighted by Crippen LogP contribution is -2.24. The van der Waals surface area contributed by atoms with E-state index in [1.807, 2.05) is 17.5 Å². The summed E-state index contributed by atoms with van der Waals surface area (Å²) in [5, 5.41) is 6.04. The van der Waals surface area contributed by atoms with Gasteiger partial charge in [-0.1, -0.05) is 38.1 Å². The Morgan fingerprint density at radius 3 is 2.78 bits per heavy atom. The maximum Gasteiger partial charge on any atom is 0.226 e. The van der Waals surface area contributed by atoms with Crippen molar-refractivity contribution < 1.29 is 4.79 Å². The smallest absolute Gasteiger partial charge is 0.226 e. The lowest BCUT2D eigenvalue weighted by molar-refractivity contribution is -0.120. The van der Waals surface area contributed by atoms with Crippen molar-refractivity contribution in [2.45, 2.75) is 39.8 Å². The average molecular weight is 331 g/mol. The van der Waals surface area contributed by atoms with Crippen LogP contribution in [0.25, 0.3) is 0 Å². The van der Waals surface area contributed by atoms with E-state index in [9.17, 15) is 4.79 Å². The third kappa shape index (κ3) is 5.77. The van der Waals surface area contributed by atoms with Crippen LogP contribution in [0, 0.1) is 0 Å². The second-order valence-corrected chi connectivity index (χ2v) is 6.63. The monoisotopic (exact) mass is 331 g/mol. The third-order valence-electron chi connectivity index (χ3n) is 3.72. The number of hydrogen-bond acceptors (Lipinski definition) is 4. The van der Waals surface area contributed by atoms with E-state index >= 15 is 0 Å². The molecule has 0 radical (unpaired) electrons. The molecule has 0 aliphatic carbocycles. The van der Waals surface area contributed by atoms with Crippen molar-refractivity contribution >= 4 is 17.2 Å². The second kappa shape index (κ2) is 8.79. The van der Waals surface area contributed by atoms with Crippen molar-refractivity contribution in [3.8, 4) is 0 Å². The fraction of sp³-hybridized carbons (Fsp3) is 0.444. The SMILES string of the molecule is CCc1nc(CC(=O)NCc2cccc(CN(C)CC)c2)cs1. The molecule has 0 unspecified atom stereocenters.